The first kappa shape index (κ1) is 19.8. The summed E-state index contributed by atoms with van der Waals surface area (Å²) < 4.78 is 17.5. The molecule has 2 rings (SSSR count). The molecule has 2 aromatic carbocycles. The van der Waals surface area contributed by atoms with Gasteiger partial charge in [0.25, 0.3) is 5.91 Å². The topological polar surface area (TPSA) is 98.5 Å². The fraction of sp³-hybridized carbons (Fsp3) is 0.263. The Morgan fingerprint density at radius 2 is 1.65 bits per heavy atom. The molecule has 2 aromatic rings. The Morgan fingerprint density at radius 1 is 1.08 bits per heavy atom. The summed E-state index contributed by atoms with van der Waals surface area (Å²) in [7, 11) is 0.143. The average molecular weight is 374 g/mol. The van der Waals surface area contributed by atoms with Crippen molar-refractivity contribution in [3.05, 3.63) is 66.2 Å². The second kappa shape index (κ2) is 9.84. The summed E-state index contributed by atoms with van der Waals surface area (Å²) >= 11 is 0. The van der Waals surface area contributed by atoms with Crippen molar-refractivity contribution in [2.24, 2.45) is 5.73 Å². The first-order valence-electron chi connectivity index (χ1n) is 8.13. The van der Waals surface area contributed by atoms with E-state index in [1.807, 2.05) is 12.1 Å². The number of nitrogens with two attached hydrogens (primary N) is 1. The highest BCUT2D eigenvalue weighted by Crippen LogP contribution is 2.17. The molecule has 0 fully saturated rings. The van der Waals surface area contributed by atoms with Gasteiger partial charge in [-0.25, -0.2) is 0 Å². The summed E-state index contributed by atoms with van der Waals surface area (Å²) in [5.41, 5.74) is 6.07. The third kappa shape index (κ3) is 5.50. The molecule has 138 valence electrons. The number of hydrogen-bond acceptors (Lipinski definition) is 4. The lowest BCUT2D eigenvalue weighted by Gasteiger charge is -2.20. The summed E-state index contributed by atoms with van der Waals surface area (Å²) in [6, 6.07) is 17.0. The summed E-state index contributed by atoms with van der Waals surface area (Å²) in [5.74, 6) is -0.930. The zero-order valence-electron chi connectivity index (χ0n) is 14.5. The Morgan fingerprint density at radius 3 is 2.19 bits per heavy atom. The number of rotatable bonds is 9. The standard InChI is InChI=1S/C19H22N2O4S/c1-25-17(14-8-4-2-5-9-14)19(23)21-16(18(20)22)12-13-26(24)15-10-6-3-7-11-15/h2-11,16-17H,12-13H2,1H3,(H2,20,22)(H,21,23)/t16-,17+,26+/m0/s1. The van der Waals surface area contributed by atoms with Gasteiger partial charge in [0, 0.05) is 17.8 Å². The van der Waals surface area contributed by atoms with Crippen LogP contribution < -0.4 is 11.1 Å². The van der Waals surface area contributed by atoms with Gasteiger partial charge in [-0.2, -0.15) is 0 Å². The molecular formula is C19H22N2O4S. The van der Waals surface area contributed by atoms with Gasteiger partial charge in [0.15, 0.2) is 6.10 Å². The summed E-state index contributed by atoms with van der Waals surface area (Å²) in [6.07, 6.45) is -0.675. The Balaban J connectivity index is 2.00. The first-order chi connectivity index (χ1) is 12.5. The van der Waals surface area contributed by atoms with E-state index in [0.717, 1.165) is 0 Å². The molecule has 3 N–H and O–H groups in total. The molecule has 26 heavy (non-hydrogen) atoms. The van der Waals surface area contributed by atoms with Crippen molar-refractivity contribution >= 4 is 22.6 Å². The van der Waals surface area contributed by atoms with Crippen LogP contribution in [0, 0.1) is 0 Å². The van der Waals surface area contributed by atoms with E-state index in [0.29, 0.717) is 10.5 Å². The van der Waals surface area contributed by atoms with Gasteiger partial charge in [0.2, 0.25) is 5.91 Å². The van der Waals surface area contributed by atoms with Gasteiger partial charge < -0.3 is 15.8 Å². The number of primary amides is 1. The molecule has 0 aliphatic rings. The van der Waals surface area contributed by atoms with Crippen LogP contribution in [0.4, 0.5) is 0 Å². The Labute approximate surface area is 155 Å². The Bertz CT molecular complexity index is 753. The molecule has 6 nitrogen and oxygen atoms in total. The molecular weight excluding hydrogens is 352 g/mol. The Kier molecular flexibility index (Phi) is 7.50. The summed E-state index contributed by atoms with van der Waals surface area (Å²) in [4.78, 5) is 24.9. The van der Waals surface area contributed by atoms with Crippen LogP contribution in [0.2, 0.25) is 0 Å². The van der Waals surface area contributed by atoms with E-state index in [1.54, 1.807) is 48.5 Å². The highest BCUT2D eigenvalue weighted by molar-refractivity contribution is 7.85. The maximum absolute atomic E-state index is 12.5. The lowest BCUT2D eigenvalue weighted by molar-refractivity contribution is -0.135. The van der Waals surface area contributed by atoms with Gasteiger partial charge in [0.05, 0.1) is 10.8 Å². The number of benzene rings is 2. The van der Waals surface area contributed by atoms with E-state index in [2.05, 4.69) is 5.32 Å². The SMILES string of the molecule is CO[C@@H](C(=O)N[C@@H](CC[S@@](=O)c1ccccc1)C(N)=O)c1ccccc1. The minimum absolute atomic E-state index is 0.174. The second-order valence-electron chi connectivity index (χ2n) is 5.64. The maximum atomic E-state index is 12.5. The number of hydrogen-bond donors (Lipinski definition) is 2. The number of carbonyl (C=O) groups is 2. The van der Waals surface area contributed by atoms with Crippen molar-refractivity contribution in [3.8, 4) is 0 Å². The van der Waals surface area contributed by atoms with Crippen molar-refractivity contribution in [3.63, 3.8) is 0 Å². The normalized spacial score (nSPS) is 14.2. The van der Waals surface area contributed by atoms with Gasteiger partial charge in [-0.15, -0.1) is 0 Å². The van der Waals surface area contributed by atoms with E-state index >= 15 is 0 Å². The molecule has 0 saturated carbocycles. The van der Waals surface area contributed by atoms with E-state index in [1.165, 1.54) is 7.11 Å². The predicted octanol–water partition coefficient (Wildman–Crippen LogP) is 1.54. The molecule has 0 spiro atoms. The molecule has 0 saturated heterocycles. The van der Waals surface area contributed by atoms with Gasteiger partial charge in [-0.3, -0.25) is 13.8 Å². The largest absolute Gasteiger partial charge is 0.368 e. The molecule has 0 aliphatic carbocycles. The van der Waals surface area contributed by atoms with Crippen LogP contribution in [0.3, 0.4) is 0 Å². The minimum atomic E-state index is -1.27. The van der Waals surface area contributed by atoms with Crippen molar-refractivity contribution in [1.29, 1.82) is 0 Å². The summed E-state index contributed by atoms with van der Waals surface area (Å²) in [6.45, 7) is 0. The second-order valence-corrected chi connectivity index (χ2v) is 7.21. The molecule has 2 amide bonds. The maximum Gasteiger partial charge on any atom is 0.254 e. The number of amides is 2. The highest BCUT2D eigenvalue weighted by Gasteiger charge is 2.25. The number of nitrogens with one attached hydrogen (secondary N) is 1. The van der Waals surface area contributed by atoms with Crippen LogP contribution >= 0.6 is 0 Å². The molecule has 0 unspecified atom stereocenters. The van der Waals surface area contributed by atoms with Crippen molar-refractivity contribution in [1.82, 2.24) is 5.32 Å². The zero-order valence-corrected chi connectivity index (χ0v) is 15.3. The van der Waals surface area contributed by atoms with Gasteiger partial charge in [-0.05, 0) is 24.1 Å². The van der Waals surface area contributed by atoms with Crippen LogP contribution in [0.15, 0.2) is 65.6 Å². The van der Waals surface area contributed by atoms with Gasteiger partial charge in [0.1, 0.15) is 6.04 Å². The van der Waals surface area contributed by atoms with Crippen molar-refractivity contribution in [2.45, 2.75) is 23.5 Å². The van der Waals surface area contributed by atoms with E-state index < -0.39 is 34.8 Å². The highest BCUT2D eigenvalue weighted by atomic mass is 32.2. The zero-order chi connectivity index (χ0) is 18.9. The smallest absolute Gasteiger partial charge is 0.254 e. The van der Waals surface area contributed by atoms with Crippen LogP contribution in [-0.2, 0) is 25.1 Å². The average Bonchev–Trinajstić information content (AvgIpc) is 2.66. The van der Waals surface area contributed by atoms with Crippen LogP contribution in [0.1, 0.15) is 18.1 Å². The molecule has 3 atom stereocenters. The fourth-order valence-electron chi connectivity index (χ4n) is 2.47. The van der Waals surface area contributed by atoms with E-state index in [-0.39, 0.29) is 12.2 Å². The molecule has 0 radical (unpaired) electrons. The Hall–Kier alpha value is -2.51. The number of ether oxygens (including phenoxy) is 1. The lowest BCUT2D eigenvalue weighted by atomic mass is 10.1. The van der Waals surface area contributed by atoms with E-state index in [4.69, 9.17) is 10.5 Å². The van der Waals surface area contributed by atoms with E-state index in [9.17, 15) is 13.8 Å². The summed E-state index contributed by atoms with van der Waals surface area (Å²) in [5, 5.41) is 2.60. The predicted molar refractivity (Wildman–Crippen MR) is 99.7 cm³/mol. The van der Waals surface area contributed by atoms with Gasteiger partial charge >= 0.3 is 0 Å². The fourth-order valence-corrected chi connectivity index (χ4v) is 3.62. The minimum Gasteiger partial charge on any atom is -0.368 e. The number of methoxy groups -OCH3 is 1. The molecule has 0 heterocycles. The quantitative estimate of drug-likeness (QED) is 0.695. The van der Waals surface area contributed by atoms with Crippen LogP contribution in [-0.4, -0.2) is 34.9 Å². The molecule has 0 bridgehead atoms. The van der Waals surface area contributed by atoms with Crippen molar-refractivity contribution in [2.75, 3.05) is 12.9 Å². The number of carbonyl (C=O) groups excluding carboxylic acids is 2. The van der Waals surface area contributed by atoms with Crippen molar-refractivity contribution < 1.29 is 18.5 Å². The molecule has 0 aliphatic heterocycles. The first-order valence-corrected chi connectivity index (χ1v) is 9.45. The molecule has 7 heteroatoms. The molecule has 0 aromatic heterocycles. The lowest BCUT2D eigenvalue weighted by Crippen LogP contribution is -2.47. The monoisotopic (exact) mass is 374 g/mol. The third-order valence-electron chi connectivity index (χ3n) is 3.83. The van der Waals surface area contributed by atoms with Crippen LogP contribution in [0.5, 0.6) is 0 Å². The van der Waals surface area contributed by atoms with Crippen LogP contribution in [0.25, 0.3) is 0 Å². The third-order valence-corrected chi connectivity index (χ3v) is 5.24. The van der Waals surface area contributed by atoms with Gasteiger partial charge in [-0.1, -0.05) is 48.5 Å².